The van der Waals surface area contributed by atoms with E-state index in [1.165, 1.54) is 4.68 Å². The van der Waals surface area contributed by atoms with Crippen molar-refractivity contribution in [3.63, 3.8) is 0 Å². The van der Waals surface area contributed by atoms with Gasteiger partial charge in [-0.1, -0.05) is 31.2 Å². The van der Waals surface area contributed by atoms with Crippen molar-refractivity contribution < 1.29 is 9.53 Å². The van der Waals surface area contributed by atoms with Crippen molar-refractivity contribution in [3.8, 4) is 5.75 Å². The highest BCUT2D eigenvalue weighted by Crippen LogP contribution is 2.24. The second-order valence-electron chi connectivity index (χ2n) is 7.81. The zero-order chi connectivity index (χ0) is 22.0. The number of methoxy groups -OCH3 is 1. The van der Waals surface area contributed by atoms with Crippen LogP contribution in [0.1, 0.15) is 25.5 Å². The van der Waals surface area contributed by atoms with E-state index in [4.69, 9.17) is 4.74 Å². The second-order valence-corrected chi connectivity index (χ2v) is 7.81. The first-order valence-electron chi connectivity index (χ1n) is 10.3. The molecule has 0 aliphatic rings. The van der Waals surface area contributed by atoms with Crippen LogP contribution in [-0.4, -0.2) is 39.5 Å². The van der Waals surface area contributed by atoms with Gasteiger partial charge in [0.2, 0.25) is 5.91 Å². The fourth-order valence-electron chi connectivity index (χ4n) is 3.80. The molecule has 1 amide bonds. The predicted molar refractivity (Wildman–Crippen MR) is 119 cm³/mol. The number of amides is 1. The van der Waals surface area contributed by atoms with Crippen molar-refractivity contribution >= 4 is 27.7 Å². The van der Waals surface area contributed by atoms with E-state index in [0.29, 0.717) is 23.9 Å². The molecule has 0 aliphatic heterocycles. The maximum Gasteiger partial charge on any atom is 0.278 e. The Hall–Kier alpha value is -3.68. The van der Waals surface area contributed by atoms with Gasteiger partial charge in [0.1, 0.15) is 17.3 Å². The van der Waals surface area contributed by atoms with Crippen molar-refractivity contribution in [1.29, 1.82) is 0 Å². The number of aromatic nitrogens is 4. The summed E-state index contributed by atoms with van der Waals surface area (Å²) in [7, 11) is 1.64. The van der Waals surface area contributed by atoms with E-state index in [1.807, 2.05) is 38.2 Å². The van der Waals surface area contributed by atoms with Crippen molar-refractivity contribution in [2.24, 2.45) is 5.92 Å². The number of benzene rings is 2. The van der Waals surface area contributed by atoms with Crippen LogP contribution in [0.2, 0.25) is 0 Å². The smallest absolute Gasteiger partial charge is 0.278 e. The van der Waals surface area contributed by atoms with Gasteiger partial charge in [-0.05, 0) is 48.2 Å². The fourth-order valence-corrected chi connectivity index (χ4v) is 3.80. The molecular formula is C23H25N5O3. The molecule has 31 heavy (non-hydrogen) atoms. The summed E-state index contributed by atoms with van der Waals surface area (Å²) in [5.74, 6) is 0.399. The normalized spacial score (nSPS) is 12.4. The van der Waals surface area contributed by atoms with E-state index in [2.05, 4.69) is 20.6 Å². The van der Waals surface area contributed by atoms with Gasteiger partial charge in [-0.25, -0.2) is 0 Å². The quantitative estimate of drug-likeness (QED) is 0.480. The van der Waals surface area contributed by atoms with Crippen LogP contribution in [0.3, 0.4) is 0 Å². The third-order valence-electron chi connectivity index (χ3n) is 5.42. The van der Waals surface area contributed by atoms with Crippen molar-refractivity contribution in [2.75, 3.05) is 13.7 Å². The number of hydrogen-bond acceptors (Lipinski definition) is 5. The molecule has 4 aromatic rings. The van der Waals surface area contributed by atoms with Gasteiger partial charge in [0, 0.05) is 23.6 Å². The molecule has 2 aromatic carbocycles. The van der Waals surface area contributed by atoms with E-state index >= 15 is 0 Å². The molecule has 4 rings (SSSR count). The molecule has 0 radical (unpaired) electrons. The number of nitrogens with one attached hydrogen (secondary N) is 2. The predicted octanol–water partition coefficient (Wildman–Crippen LogP) is 2.84. The SMILES string of the molecule is COc1ccc2[nH]cc(CCNC(=O)C(C(C)C)n3nnc4ccccc4c3=O)c2c1. The van der Waals surface area contributed by atoms with Gasteiger partial charge in [-0.15, -0.1) is 5.10 Å². The lowest BCUT2D eigenvalue weighted by Gasteiger charge is -2.21. The number of hydrogen-bond donors (Lipinski definition) is 2. The number of carbonyl (C=O) groups is 1. The molecule has 160 valence electrons. The summed E-state index contributed by atoms with van der Waals surface area (Å²) in [4.78, 5) is 29.1. The molecular weight excluding hydrogens is 394 g/mol. The Morgan fingerprint density at radius 1 is 1.19 bits per heavy atom. The minimum Gasteiger partial charge on any atom is -0.497 e. The largest absolute Gasteiger partial charge is 0.497 e. The van der Waals surface area contributed by atoms with Crippen molar-refractivity contribution in [3.05, 3.63) is 64.6 Å². The van der Waals surface area contributed by atoms with Gasteiger partial charge in [-0.3, -0.25) is 9.59 Å². The molecule has 0 bridgehead atoms. The van der Waals surface area contributed by atoms with Gasteiger partial charge >= 0.3 is 0 Å². The molecule has 0 spiro atoms. The summed E-state index contributed by atoms with van der Waals surface area (Å²) in [6.07, 6.45) is 2.58. The first kappa shape index (κ1) is 20.6. The molecule has 0 saturated heterocycles. The number of nitrogens with zero attached hydrogens (tertiary/aromatic N) is 3. The fraction of sp³-hybridized carbons (Fsp3) is 0.304. The minimum absolute atomic E-state index is 0.134. The summed E-state index contributed by atoms with van der Waals surface area (Å²) in [6, 6.07) is 12.1. The highest BCUT2D eigenvalue weighted by atomic mass is 16.5. The van der Waals surface area contributed by atoms with E-state index in [0.717, 1.165) is 22.2 Å². The van der Waals surface area contributed by atoms with Gasteiger partial charge in [-0.2, -0.15) is 4.68 Å². The number of fused-ring (bicyclic) bond motifs is 2. The van der Waals surface area contributed by atoms with Crippen LogP contribution in [0.4, 0.5) is 0 Å². The number of H-pyrrole nitrogens is 1. The van der Waals surface area contributed by atoms with Crippen molar-refractivity contribution in [2.45, 2.75) is 26.3 Å². The van der Waals surface area contributed by atoms with Gasteiger partial charge in [0.25, 0.3) is 5.56 Å². The maximum absolute atomic E-state index is 13.0. The number of aromatic amines is 1. The lowest BCUT2D eigenvalue weighted by molar-refractivity contribution is -0.126. The number of ether oxygens (including phenoxy) is 1. The molecule has 0 aliphatic carbocycles. The highest BCUT2D eigenvalue weighted by molar-refractivity contribution is 5.85. The zero-order valence-electron chi connectivity index (χ0n) is 17.8. The number of rotatable bonds is 7. The maximum atomic E-state index is 13.0. The van der Waals surface area contributed by atoms with Crippen LogP contribution in [0, 0.1) is 5.92 Å². The van der Waals surface area contributed by atoms with E-state index < -0.39 is 6.04 Å². The minimum atomic E-state index is -0.743. The summed E-state index contributed by atoms with van der Waals surface area (Å²) >= 11 is 0. The Labute approximate surface area is 179 Å². The third kappa shape index (κ3) is 4.01. The van der Waals surface area contributed by atoms with Crippen LogP contribution in [0.5, 0.6) is 5.75 Å². The molecule has 0 fully saturated rings. The molecule has 8 nitrogen and oxygen atoms in total. The lowest BCUT2D eigenvalue weighted by atomic mass is 10.0. The Balaban J connectivity index is 1.52. The summed E-state index contributed by atoms with van der Waals surface area (Å²) in [6.45, 7) is 4.21. The Morgan fingerprint density at radius 2 is 2.00 bits per heavy atom. The standard InChI is InChI=1S/C23H25N5O3/c1-14(2)21(28-23(30)17-6-4-5-7-20(17)26-27-28)22(29)24-11-10-15-13-25-19-9-8-16(31-3)12-18(15)19/h4-9,12-14,21,25H,10-11H2,1-3H3,(H,24,29). The molecule has 1 unspecified atom stereocenters. The molecule has 2 aromatic heterocycles. The summed E-state index contributed by atoms with van der Waals surface area (Å²) in [5, 5.41) is 12.6. The summed E-state index contributed by atoms with van der Waals surface area (Å²) < 4.78 is 6.50. The molecule has 1 atom stereocenters. The first-order valence-corrected chi connectivity index (χ1v) is 10.3. The average Bonchev–Trinajstić information content (AvgIpc) is 3.17. The molecule has 0 saturated carbocycles. The average molecular weight is 419 g/mol. The van der Waals surface area contributed by atoms with Crippen LogP contribution >= 0.6 is 0 Å². The zero-order valence-corrected chi connectivity index (χ0v) is 17.8. The molecule has 8 heteroatoms. The Morgan fingerprint density at radius 3 is 2.77 bits per heavy atom. The molecule has 2 heterocycles. The van der Waals surface area contributed by atoms with Crippen LogP contribution in [0.25, 0.3) is 21.8 Å². The second kappa shape index (κ2) is 8.59. The van der Waals surface area contributed by atoms with E-state index in [1.54, 1.807) is 31.4 Å². The monoisotopic (exact) mass is 419 g/mol. The van der Waals surface area contributed by atoms with Gasteiger partial charge in [0.15, 0.2) is 0 Å². The van der Waals surface area contributed by atoms with Gasteiger partial charge < -0.3 is 15.0 Å². The lowest BCUT2D eigenvalue weighted by Crippen LogP contribution is -2.42. The first-order chi connectivity index (χ1) is 15.0. The van der Waals surface area contributed by atoms with Crippen LogP contribution < -0.4 is 15.6 Å². The van der Waals surface area contributed by atoms with Crippen molar-refractivity contribution in [1.82, 2.24) is 25.3 Å². The Bertz CT molecular complexity index is 1290. The highest BCUT2D eigenvalue weighted by Gasteiger charge is 2.27. The van der Waals surface area contributed by atoms with E-state index in [-0.39, 0.29) is 17.4 Å². The van der Waals surface area contributed by atoms with E-state index in [9.17, 15) is 9.59 Å². The third-order valence-corrected chi connectivity index (χ3v) is 5.42. The van der Waals surface area contributed by atoms with Gasteiger partial charge in [0.05, 0.1) is 12.5 Å². The topological polar surface area (TPSA) is 102 Å². The summed E-state index contributed by atoms with van der Waals surface area (Å²) in [5.41, 5.74) is 2.29. The van der Waals surface area contributed by atoms with Crippen LogP contribution in [-0.2, 0) is 11.2 Å². The van der Waals surface area contributed by atoms with Crippen LogP contribution in [0.15, 0.2) is 53.5 Å². The Kier molecular flexibility index (Phi) is 5.70. The molecule has 2 N–H and O–H groups in total. The number of carbonyl (C=O) groups excluding carboxylic acids is 1.